The van der Waals surface area contributed by atoms with Crippen molar-refractivity contribution in [2.24, 2.45) is 29.1 Å². The van der Waals surface area contributed by atoms with Gasteiger partial charge in [-0.15, -0.1) is 0 Å². The summed E-state index contributed by atoms with van der Waals surface area (Å²) >= 11 is 0. The smallest absolute Gasteiger partial charge is 0.251 e. The van der Waals surface area contributed by atoms with Crippen LogP contribution < -0.4 is 20.3 Å². The Labute approximate surface area is 296 Å². The van der Waals surface area contributed by atoms with E-state index in [1.165, 1.54) is 13.5 Å². The summed E-state index contributed by atoms with van der Waals surface area (Å²) in [6.45, 7) is 8.20. The molecule has 4 aliphatic rings. The summed E-state index contributed by atoms with van der Waals surface area (Å²) in [5.41, 5.74) is 3.64. The van der Waals surface area contributed by atoms with Crippen molar-refractivity contribution in [2.45, 2.75) is 77.4 Å². The number of hydrogen-bond acceptors (Lipinski definition) is 10. The molecule has 2 aromatic carbocycles. The second-order valence-corrected chi connectivity index (χ2v) is 15.2. The molecule has 5 N–H and O–H groups in total. The summed E-state index contributed by atoms with van der Waals surface area (Å²) in [4.78, 5) is 35.6. The third-order valence-electron chi connectivity index (χ3n) is 11.6. The molecule has 2 amide bonds. The Balaban J connectivity index is 1.45. The quantitative estimate of drug-likeness (QED) is 0.199. The lowest BCUT2D eigenvalue weighted by atomic mass is 9.45. The molecular weight excluding hydrogens is 640 g/mol. The maximum atomic E-state index is 14.2. The van der Waals surface area contributed by atoms with Crippen LogP contribution in [0.3, 0.4) is 0 Å². The Morgan fingerprint density at radius 1 is 1.14 bits per heavy atom. The number of fused-ring (bicyclic) bond motifs is 2. The molecule has 9 atom stereocenters. The Hall–Kier alpha value is -3.26. The lowest BCUT2D eigenvalue weighted by Crippen LogP contribution is -2.62. The highest BCUT2D eigenvalue weighted by Gasteiger charge is 2.57. The van der Waals surface area contributed by atoms with Crippen LogP contribution in [0.1, 0.15) is 56.5 Å². The number of para-hydroxylation sites is 1. The van der Waals surface area contributed by atoms with E-state index in [4.69, 9.17) is 14.3 Å². The fourth-order valence-electron chi connectivity index (χ4n) is 8.60. The molecule has 2 bridgehead atoms. The van der Waals surface area contributed by atoms with Crippen molar-refractivity contribution in [3.8, 4) is 16.9 Å². The van der Waals surface area contributed by atoms with Crippen molar-refractivity contribution in [1.82, 2.24) is 15.7 Å². The fourth-order valence-corrected chi connectivity index (χ4v) is 8.60. The molecule has 276 valence electrons. The van der Waals surface area contributed by atoms with Gasteiger partial charge in [0.2, 0.25) is 5.91 Å². The number of aliphatic hydroxyl groups is 3. The van der Waals surface area contributed by atoms with Gasteiger partial charge < -0.3 is 40.3 Å². The van der Waals surface area contributed by atoms with E-state index in [0.29, 0.717) is 29.1 Å². The molecule has 0 spiro atoms. The molecule has 1 heterocycles. The molecule has 12 nitrogen and oxygen atoms in total. The van der Waals surface area contributed by atoms with Crippen molar-refractivity contribution < 1.29 is 39.2 Å². The van der Waals surface area contributed by atoms with E-state index in [9.17, 15) is 24.9 Å². The Morgan fingerprint density at radius 2 is 1.88 bits per heavy atom. The normalized spacial score (nSPS) is 28.3. The maximum Gasteiger partial charge on any atom is 0.251 e. The standard InChI is InChI=1S/C38H56N4O8/c1-21-30-15-26(38(30,3)4)16-31(21)40-37(47)34-33(22(2)45)32(19-44)50-42(34)17-23-10-9-11-29(35(23)49-8)24-12-25(14-28(13-24)41(5)6)36(46)39-27(18-43)20-48-7/h9-14,21-22,26-27,30-34,43-45H,15-20H2,1-8H3,(H,39,46)(H,40,47)/t21-,22-,26+,27-,30-,31-,32-,33+,34-/m0/s1. The van der Waals surface area contributed by atoms with Crippen LogP contribution in [0.4, 0.5) is 5.69 Å². The fraction of sp³-hybridized carbons (Fsp3) is 0.632. The molecule has 0 aromatic heterocycles. The third-order valence-corrected chi connectivity index (χ3v) is 11.6. The number of hydroxylamine groups is 2. The number of methoxy groups -OCH3 is 2. The lowest BCUT2D eigenvalue weighted by Gasteiger charge is -2.62. The number of benzene rings is 2. The van der Waals surface area contributed by atoms with Gasteiger partial charge in [0.25, 0.3) is 5.91 Å². The van der Waals surface area contributed by atoms with E-state index in [1.54, 1.807) is 31.2 Å². The first-order valence-corrected chi connectivity index (χ1v) is 17.7. The van der Waals surface area contributed by atoms with Crippen molar-refractivity contribution in [3.63, 3.8) is 0 Å². The molecule has 6 rings (SSSR count). The molecule has 1 saturated heterocycles. The van der Waals surface area contributed by atoms with E-state index < -0.39 is 30.2 Å². The van der Waals surface area contributed by atoms with E-state index in [0.717, 1.165) is 28.8 Å². The van der Waals surface area contributed by atoms with Crippen molar-refractivity contribution >= 4 is 17.5 Å². The van der Waals surface area contributed by atoms with E-state index in [-0.39, 0.29) is 49.6 Å². The minimum atomic E-state index is -0.912. The zero-order valence-corrected chi connectivity index (χ0v) is 30.7. The number of nitrogens with zero attached hydrogens (tertiary/aromatic N) is 2. The number of carbonyl (C=O) groups excluding carboxylic acids is 2. The van der Waals surface area contributed by atoms with Gasteiger partial charge in [0, 0.05) is 55.5 Å². The van der Waals surface area contributed by atoms with E-state index in [1.807, 2.05) is 43.3 Å². The number of hydrogen-bond donors (Lipinski definition) is 5. The van der Waals surface area contributed by atoms with Crippen LogP contribution in [0, 0.1) is 29.1 Å². The predicted molar refractivity (Wildman–Crippen MR) is 191 cm³/mol. The summed E-state index contributed by atoms with van der Waals surface area (Å²) < 4.78 is 11.1. The summed E-state index contributed by atoms with van der Waals surface area (Å²) in [7, 11) is 6.86. The zero-order valence-electron chi connectivity index (χ0n) is 30.7. The van der Waals surface area contributed by atoms with Gasteiger partial charge in [-0.3, -0.25) is 14.4 Å². The molecule has 3 aliphatic carbocycles. The summed E-state index contributed by atoms with van der Waals surface area (Å²) in [5.74, 6) is 0.742. The third kappa shape index (κ3) is 7.37. The largest absolute Gasteiger partial charge is 0.496 e. The van der Waals surface area contributed by atoms with Gasteiger partial charge in [-0.2, -0.15) is 5.06 Å². The first-order valence-electron chi connectivity index (χ1n) is 17.7. The second kappa shape index (κ2) is 15.5. The number of ether oxygens (including phenoxy) is 2. The van der Waals surface area contributed by atoms with E-state index >= 15 is 0 Å². The van der Waals surface area contributed by atoms with Crippen molar-refractivity contribution in [1.29, 1.82) is 0 Å². The van der Waals surface area contributed by atoms with Crippen LogP contribution in [-0.4, -0.2) is 111 Å². The molecule has 1 aliphatic heterocycles. The Morgan fingerprint density at radius 3 is 2.46 bits per heavy atom. The number of carbonyl (C=O) groups is 2. The van der Waals surface area contributed by atoms with Crippen molar-refractivity contribution in [3.05, 3.63) is 47.5 Å². The van der Waals surface area contributed by atoms with Gasteiger partial charge in [-0.25, -0.2) is 0 Å². The van der Waals surface area contributed by atoms with Crippen LogP contribution in [-0.2, 0) is 20.9 Å². The van der Waals surface area contributed by atoms with Gasteiger partial charge in [0.1, 0.15) is 17.9 Å². The molecule has 12 heteroatoms. The molecule has 0 radical (unpaired) electrons. The highest BCUT2D eigenvalue weighted by molar-refractivity contribution is 5.97. The predicted octanol–water partition coefficient (Wildman–Crippen LogP) is 2.83. The average Bonchev–Trinajstić information content (AvgIpc) is 3.46. The molecule has 2 aromatic rings. The van der Waals surface area contributed by atoms with Crippen molar-refractivity contribution in [2.75, 3.05) is 53.0 Å². The highest BCUT2D eigenvalue weighted by Crippen LogP contribution is 2.61. The average molecular weight is 697 g/mol. The van der Waals surface area contributed by atoms with Crippen LogP contribution in [0.2, 0.25) is 0 Å². The summed E-state index contributed by atoms with van der Waals surface area (Å²) in [6, 6.07) is 9.81. The topological polar surface area (TPSA) is 153 Å². The number of rotatable bonds is 14. The van der Waals surface area contributed by atoms with Gasteiger partial charge in [0.05, 0.1) is 45.6 Å². The molecule has 3 saturated carbocycles. The molecular formula is C38H56N4O8. The molecule has 0 unspecified atom stereocenters. The van der Waals surface area contributed by atoms with Crippen LogP contribution in [0.25, 0.3) is 11.1 Å². The number of anilines is 1. The first kappa shape index (κ1) is 38.0. The minimum Gasteiger partial charge on any atom is -0.496 e. The monoisotopic (exact) mass is 696 g/mol. The number of aliphatic hydroxyl groups excluding tert-OH is 3. The van der Waals surface area contributed by atoms with Gasteiger partial charge in [-0.1, -0.05) is 39.0 Å². The van der Waals surface area contributed by atoms with E-state index in [2.05, 4.69) is 31.4 Å². The minimum absolute atomic E-state index is 0.0272. The Bertz CT molecular complexity index is 1520. The number of nitrogens with one attached hydrogen (secondary N) is 2. The lowest BCUT2D eigenvalue weighted by molar-refractivity contribution is -0.183. The van der Waals surface area contributed by atoms with Gasteiger partial charge in [-0.05, 0) is 66.7 Å². The second-order valence-electron chi connectivity index (χ2n) is 15.2. The first-order chi connectivity index (χ1) is 23.7. The molecule has 50 heavy (non-hydrogen) atoms. The summed E-state index contributed by atoms with van der Waals surface area (Å²) in [5, 5.41) is 38.6. The molecule has 4 fully saturated rings. The maximum absolute atomic E-state index is 14.2. The number of amides is 2. The van der Waals surface area contributed by atoms with Gasteiger partial charge in [0.15, 0.2) is 0 Å². The SMILES string of the molecule is COC[C@H](CO)NC(=O)c1cc(-c2cccc(CN3O[C@@H](CO)[C@@H]([C@H](C)O)[C@H]3C(=O)N[C@H]3C[C@H]4C[C@@H]([C@@H]3C)C4(C)C)c2OC)cc(N(C)C)c1. The van der Waals surface area contributed by atoms with Crippen LogP contribution in [0.15, 0.2) is 36.4 Å². The van der Waals surface area contributed by atoms with Crippen LogP contribution >= 0.6 is 0 Å². The van der Waals surface area contributed by atoms with Crippen LogP contribution in [0.5, 0.6) is 5.75 Å². The Kier molecular flexibility index (Phi) is 11.8. The zero-order chi connectivity index (χ0) is 36.5. The van der Waals surface area contributed by atoms with Gasteiger partial charge >= 0.3 is 0 Å². The highest BCUT2D eigenvalue weighted by atomic mass is 16.7. The summed E-state index contributed by atoms with van der Waals surface area (Å²) in [6.07, 6.45) is 0.431.